The molecule has 0 aliphatic carbocycles. The third-order valence-corrected chi connectivity index (χ3v) is 8.26. The molecule has 0 saturated heterocycles. The number of benzene rings is 3. The fraction of sp³-hybridized carbons (Fsp3) is 0.0800. The molecule has 1 aromatic heterocycles. The van der Waals surface area contributed by atoms with Crippen molar-refractivity contribution in [3.8, 4) is 0 Å². The standard InChI is InChI=1S/C25H21FN2O6S2/c1-17-4-9-21(10-5-17)35(30,31)16-18-15-20(27-25(29)24-3-2-14-34-24)8-13-23(18)28-36(32,33)22-11-6-19(26)7-12-22/h2-15,28H,16H2,1H3,(H,27,29). The van der Waals surface area contributed by atoms with E-state index in [-0.39, 0.29) is 32.5 Å². The molecule has 4 rings (SSSR count). The van der Waals surface area contributed by atoms with Gasteiger partial charge in [-0.3, -0.25) is 9.52 Å². The van der Waals surface area contributed by atoms with Gasteiger partial charge in [0.2, 0.25) is 0 Å². The van der Waals surface area contributed by atoms with Crippen molar-refractivity contribution in [1.82, 2.24) is 0 Å². The van der Waals surface area contributed by atoms with E-state index in [0.29, 0.717) is 0 Å². The van der Waals surface area contributed by atoms with Gasteiger partial charge in [0.05, 0.1) is 27.5 Å². The lowest BCUT2D eigenvalue weighted by Crippen LogP contribution is -2.16. The van der Waals surface area contributed by atoms with Crippen molar-refractivity contribution in [2.75, 3.05) is 10.0 Å². The molecule has 0 fully saturated rings. The topological polar surface area (TPSA) is 123 Å². The van der Waals surface area contributed by atoms with Crippen LogP contribution in [0.15, 0.2) is 99.3 Å². The lowest BCUT2D eigenvalue weighted by Gasteiger charge is -2.15. The molecule has 11 heteroatoms. The van der Waals surface area contributed by atoms with E-state index in [4.69, 9.17) is 4.42 Å². The minimum Gasteiger partial charge on any atom is -0.459 e. The SMILES string of the molecule is Cc1ccc(S(=O)(=O)Cc2cc(NC(=O)c3ccco3)ccc2NS(=O)(=O)c2ccc(F)cc2)cc1. The molecule has 1 amide bonds. The maximum Gasteiger partial charge on any atom is 0.291 e. The van der Waals surface area contributed by atoms with Crippen LogP contribution < -0.4 is 10.0 Å². The summed E-state index contributed by atoms with van der Waals surface area (Å²) in [7, 11) is -8.05. The molecule has 3 aromatic carbocycles. The highest BCUT2D eigenvalue weighted by Crippen LogP contribution is 2.28. The Morgan fingerprint density at radius 1 is 0.889 bits per heavy atom. The van der Waals surface area contributed by atoms with Gasteiger partial charge in [-0.25, -0.2) is 21.2 Å². The second kappa shape index (κ2) is 9.96. The molecule has 0 aliphatic rings. The zero-order valence-corrected chi connectivity index (χ0v) is 20.6. The lowest BCUT2D eigenvalue weighted by molar-refractivity contribution is 0.0996. The van der Waals surface area contributed by atoms with Crippen LogP contribution in [-0.4, -0.2) is 22.7 Å². The average Bonchev–Trinajstić information content (AvgIpc) is 3.36. The first-order chi connectivity index (χ1) is 17.0. The summed E-state index contributed by atoms with van der Waals surface area (Å²) in [4.78, 5) is 12.2. The first-order valence-electron chi connectivity index (χ1n) is 10.6. The van der Waals surface area contributed by atoms with Gasteiger partial charge in [-0.05, 0) is 79.2 Å². The van der Waals surface area contributed by atoms with E-state index in [1.165, 1.54) is 42.7 Å². The minimum absolute atomic E-state index is 0.00832. The van der Waals surface area contributed by atoms with Crippen molar-refractivity contribution in [2.24, 2.45) is 0 Å². The number of hydrogen-bond acceptors (Lipinski definition) is 6. The number of furan rings is 1. The molecule has 1 heterocycles. The molecule has 0 unspecified atom stereocenters. The summed E-state index contributed by atoms with van der Waals surface area (Å²) in [5, 5.41) is 2.60. The second-order valence-corrected chi connectivity index (χ2v) is 11.6. The van der Waals surface area contributed by atoms with Crippen molar-refractivity contribution < 1.29 is 30.4 Å². The molecule has 8 nitrogen and oxygen atoms in total. The number of carbonyl (C=O) groups excluding carboxylic acids is 1. The van der Waals surface area contributed by atoms with Gasteiger partial charge < -0.3 is 9.73 Å². The summed E-state index contributed by atoms with van der Waals surface area (Å²) < 4.78 is 72.8. The van der Waals surface area contributed by atoms with Crippen LogP contribution in [0, 0.1) is 12.7 Å². The third-order valence-electron chi connectivity index (χ3n) is 5.20. The van der Waals surface area contributed by atoms with Crippen molar-refractivity contribution >= 4 is 37.1 Å². The van der Waals surface area contributed by atoms with Crippen molar-refractivity contribution in [3.63, 3.8) is 0 Å². The van der Waals surface area contributed by atoms with Crippen LogP contribution in [0.25, 0.3) is 0 Å². The predicted molar refractivity (Wildman–Crippen MR) is 132 cm³/mol. The number of anilines is 2. The Morgan fingerprint density at radius 3 is 2.19 bits per heavy atom. The molecule has 4 aromatic rings. The van der Waals surface area contributed by atoms with Crippen LogP contribution in [0.2, 0.25) is 0 Å². The Balaban J connectivity index is 1.71. The van der Waals surface area contributed by atoms with Gasteiger partial charge >= 0.3 is 0 Å². The first kappa shape index (κ1) is 25.1. The maximum absolute atomic E-state index is 13.3. The number of rotatable bonds is 8. The zero-order chi connectivity index (χ0) is 25.9. The molecule has 0 atom stereocenters. The fourth-order valence-corrected chi connectivity index (χ4v) is 5.81. The van der Waals surface area contributed by atoms with Gasteiger partial charge in [-0.15, -0.1) is 0 Å². The number of hydrogen-bond donors (Lipinski definition) is 2. The highest BCUT2D eigenvalue weighted by Gasteiger charge is 2.22. The predicted octanol–water partition coefficient (Wildman–Crippen LogP) is 4.75. The third kappa shape index (κ3) is 5.81. The summed E-state index contributed by atoms with van der Waals surface area (Å²) in [6.07, 6.45) is 1.34. The normalized spacial score (nSPS) is 11.7. The van der Waals surface area contributed by atoms with Crippen molar-refractivity contribution in [1.29, 1.82) is 0 Å². The summed E-state index contributed by atoms with van der Waals surface area (Å²) in [6.45, 7) is 1.82. The molecular weight excluding hydrogens is 507 g/mol. The van der Waals surface area contributed by atoms with Crippen molar-refractivity contribution in [3.05, 3.63) is 108 Å². The number of carbonyl (C=O) groups is 1. The Morgan fingerprint density at radius 2 is 1.56 bits per heavy atom. The molecule has 2 N–H and O–H groups in total. The van der Waals surface area contributed by atoms with Gasteiger partial charge in [0.25, 0.3) is 15.9 Å². The van der Waals surface area contributed by atoms with Gasteiger partial charge in [-0.1, -0.05) is 17.7 Å². The molecule has 186 valence electrons. The van der Waals surface area contributed by atoms with Gasteiger partial charge in [-0.2, -0.15) is 0 Å². The molecule has 0 spiro atoms. The Bertz CT molecular complexity index is 1600. The molecule has 36 heavy (non-hydrogen) atoms. The van der Waals surface area contributed by atoms with E-state index >= 15 is 0 Å². The minimum atomic E-state index is -4.16. The highest BCUT2D eigenvalue weighted by molar-refractivity contribution is 7.92. The monoisotopic (exact) mass is 528 g/mol. The second-order valence-electron chi connectivity index (χ2n) is 7.93. The van der Waals surface area contributed by atoms with Crippen LogP contribution >= 0.6 is 0 Å². The van der Waals surface area contributed by atoms with Gasteiger partial charge in [0.15, 0.2) is 15.6 Å². The molecule has 0 saturated carbocycles. The number of nitrogens with one attached hydrogen (secondary N) is 2. The van der Waals surface area contributed by atoms with Gasteiger partial charge in [0, 0.05) is 5.69 Å². The van der Waals surface area contributed by atoms with E-state index in [0.717, 1.165) is 29.8 Å². The van der Waals surface area contributed by atoms with E-state index in [9.17, 15) is 26.0 Å². The maximum atomic E-state index is 13.3. The summed E-state index contributed by atoms with van der Waals surface area (Å²) in [5.41, 5.74) is 1.20. The van der Waals surface area contributed by atoms with Gasteiger partial charge in [0.1, 0.15) is 5.82 Å². The molecule has 0 aliphatic heterocycles. The fourth-order valence-electron chi connectivity index (χ4n) is 3.34. The Hall–Kier alpha value is -3.96. The Kier molecular flexibility index (Phi) is 6.95. The molecule has 0 bridgehead atoms. The van der Waals surface area contributed by atoms with E-state index in [1.54, 1.807) is 18.2 Å². The van der Waals surface area contributed by atoms with E-state index in [1.807, 2.05) is 6.92 Å². The summed E-state index contributed by atoms with van der Waals surface area (Å²) in [6, 6.07) is 17.6. The summed E-state index contributed by atoms with van der Waals surface area (Å²) in [5.74, 6) is -1.67. The quantitative estimate of drug-likeness (QED) is 0.340. The smallest absolute Gasteiger partial charge is 0.291 e. The number of sulfone groups is 1. The summed E-state index contributed by atoms with van der Waals surface area (Å²) >= 11 is 0. The van der Waals surface area contributed by atoms with Crippen LogP contribution in [-0.2, 0) is 25.6 Å². The highest BCUT2D eigenvalue weighted by atomic mass is 32.2. The number of halogens is 1. The number of aryl methyl sites for hydroxylation is 1. The van der Waals surface area contributed by atoms with Crippen molar-refractivity contribution in [2.45, 2.75) is 22.5 Å². The number of sulfonamides is 1. The lowest BCUT2D eigenvalue weighted by atomic mass is 10.2. The zero-order valence-electron chi connectivity index (χ0n) is 18.9. The van der Waals surface area contributed by atoms with E-state index in [2.05, 4.69) is 10.0 Å². The molecule has 0 radical (unpaired) electrons. The van der Waals surface area contributed by atoms with Crippen LogP contribution in [0.1, 0.15) is 21.7 Å². The van der Waals surface area contributed by atoms with Crippen LogP contribution in [0.4, 0.5) is 15.8 Å². The van der Waals surface area contributed by atoms with Crippen LogP contribution in [0.5, 0.6) is 0 Å². The number of amides is 1. The van der Waals surface area contributed by atoms with Crippen LogP contribution in [0.3, 0.4) is 0 Å². The van der Waals surface area contributed by atoms with E-state index < -0.39 is 37.3 Å². The largest absolute Gasteiger partial charge is 0.459 e. The molecular formula is C25H21FN2O6S2. The first-order valence-corrected chi connectivity index (χ1v) is 13.7. The average molecular weight is 529 g/mol. The Labute approximate surface area is 207 Å².